The first-order valence-corrected chi connectivity index (χ1v) is 10.5. The van der Waals surface area contributed by atoms with Gasteiger partial charge in [0.25, 0.3) is 5.91 Å². The predicted molar refractivity (Wildman–Crippen MR) is 114 cm³/mol. The van der Waals surface area contributed by atoms with Gasteiger partial charge in [-0.2, -0.15) is 0 Å². The van der Waals surface area contributed by atoms with E-state index in [-0.39, 0.29) is 23.9 Å². The van der Waals surface area contributed by atoms with Crippen LogP contribution in [-0.2, 0) is 6.54 Å². The SMILES string of the molecule is Cc1onc(C(=O)NCC2(N3CCCCC3)CCC(C)CC2)c1CN(C)C.Cl. The Labute approximate surface area is 175 Å². The minimum atomic E-state index is -0.0984. The van der Waals surface area contributed by atoms with E-state index in [1.807, 2.05) is 25.9 Å². The quantitative estimate of drug-likeness (QED) is 0.772. The second-order valence-electron chi connectivity index (χ2n) is 8.94. The largest absolute Gasteiger partial charge is 0.361 e. The zero-order valence-corrected chi connectivity index (χ0v) is 18.7. The zero-order valence-electron chi connectivity index (χ0n) is 17.9. The molecule has 0 bridgehead atoms. The van der Waals surface area contributed by atoms with Crippen LogP contribution in [0.5, 0.6) is 0 Å². The summed E-state index contributed by atoms with van der Waals surface area (Å²) in [6.45, 7) is 7.93. The fraction of sp³-hybridized carbons (Fsp3) is 0.810. The van der Waals surface area contributed by atoms with Crippen LogP contribution in [-0.4, -0.2) is 60.1 Å². The number of amides is 1. The minimum Gasteiger partial charge on any atom is -0.361 e. The monoisotopic (exact) mass is 412 g/mol. The number of carbonyl (C=O) groups excluding carboxylic acids is 1. The molecule has 6 nitrogen and oxygen atoms in total. The molecule has 0 unspecified atom stereocenters. The molecule has 160 valence electrons. The number of nitrogens with one attached hydrogen (secondary N) is 1. The molecule has 1 N–H and O–H groups in total. The second-order valence-corrected chi connectivity index (χ2v) is 8.94. The number of rotatable bonds is 6. The molecular formula is C21H37ClN4O2. The lowest BCUT2D eigenvalue weighted by Crippen LogP contribution is -2.58. The van der Waals surface area contributed by atoms with E-state index in [2.05, 4.69) is 22.3 Å². The van der Waals surface area contributed by atoms with Crippen molar-refractivity contribution in [2.75, 3.05) is 33.7 Å². The maximum Gasteiger partial charge on any atom is 0.273 e. The predicted octanol–water partition coefficient (Wildman–Crippen LogP) is 3.63. The van der Waals surface area contributed by atoms with Gasteiger partial charge in [0.2, 0.25) is 0 Å². The van der Waals surface area contributed by atoms with Crippen LogP contribution in [0.1, 0.15) is 73.7 Å². The van der Waals surface area contributed by atoms with Crippen LogP contribution in [0.2, 0.25) is 0 Å². The molecule has 0 radical (unpaired) electrons. The first-order valence-electron chi connectivity index (χ1n) is 10.5. The molecule has 0 spiro atoms. The molecule has 1 aliphatic carbocycles. The molecule has 3 rings (SSSR count). The van der Waals surface area contributed by atoms with Crippen LogP contribution in [0.4, 0.5) is 0 Å². The summed E-state index contributed by atoms with van der Waals surface area (Å²) in [5.41, 5.74) is 1.45. The number of aromatic nitrogens is 1. The van der Waals surface area contributed by atoms with Crippen LogP contribution < -0.4 is 5.32 Å². The lowest BCUT2D eigenvalue weighted by atomic mass is 9.75. The molecule has 0 aromatic carbocycles. The molecule has 1 aliphatic heterocycles. The van der Waals surface area contributed by atoms with E-state index in [0.29, 0.717) is 18.8 Å². The van der Waals surface area contributed by atoms with Gasteiger partial charge in [-0.15, -0.1) is 12.4 Å². The smallest absolute Gasteiger partial charge is 0.273 e. The van der Waals surface area contributed by atoms with Crippen LogP contribution >= 0.6 is 12.4 Å². The van der Waals surface area contributed by atoms with Crippen LogP contribution in [0, 0.1) is 12.8 Å². The molecule has 2 heterocycles. The van der Waals surface area contributed by atoms with E-state index < -0.39 is 0 Å². The van der Waals surface area contributed by atoms with Crippen molar-refractivity contribution >= 4 is 18.3 Å². The Morgan fingerprint density at radius 2 is 1.89 bits per heavy atom. The van der Waals surface area contributed by atoms with Crippen LogP contribution in [0.25, 0.3) is 0 Å². The molecule has 1 aromatic heterocycles. The number of halogens is 1. The highest BCUT2D eigenvalue weighted by atomic mass is 35.5. The molecule has 1 saturated carbocycles. The van der Waals surface area contributed by atoms with Gasteiger partial charge in [0, 0.05) is 24.2 Å². The zero-order chi connectivity index (χ0) is 19.4. The van der Waals surface area contributed by atoms with E-state index in [0.717, 1.165) is 17.2 Å². The first-order chi connectivity index (χ1) is 12.9. The van der Waals surface area contributed by atoms with Crippen molar-refractivity contribution in [1.29, 1.82) is 0 Å². The summed E-state index contributed by atoms with van der Waals surface area (Å²) < 4.78 is 5.32. The highest BCUT2D eigenvalue weighted by molar-refractivity contribution is 5.93. The lowest BCUT2D eigenvalue weighted by molar-refractivity contribution is 0.0228. The summed E-state index contributed by atoms with van der Waals surface area (Å²) in [5.74, 6) is 1.42. The molecule has 0 atom stereocenters. The second kappa shape index (κ2) is 10.1. The van der Waals surface area contributed by atoms with Gasteiger partial charge in [0.1, 0.15) is 5.76 Å². The van der Waals surface area contributed by atoms with Crippen molar-refractivity contribution in [3.63, 3.8) is 0 Å². The molecule has 7 heteroatoms. The Balaban J connectivity index is 0.00000280. The molecule has 2 fully saturated rings. The minimum absolute atomic E-state index is 0. The normalized spacial score (nSPS) is 26.1. The van der Waals surface area contributed by atoms with Crippen molar-refractivity contribution in [2.45, 2.75) is 70.9 Å². The maximum absolute atomic E-state index is 12.9. The van der Waals surface area contributed by atoms with Crippen LogP contribution in [0.15, 0.2) is 4.52 Å². The number of piperidine rings is 1. The third-order valence-corrected chi connectivity index (χ3v) is 6.48. The number of nitrogens with zero attached hydrogens (tertiary/aromatic N) is 3. The molecular weight excluding hydrogens is 376 g/mol. The van der Waals surface area contributed by atoms with E-state index in [9.17, 15) is 4.79 Å². The topological polar surface area (TPSA) is 61.6 Å². The summed E-state index contributed by atoms with van der Waals surface area (Å²) in [7, 11) is 3.98. The van der Waals surface area contributed by atoms with Crippen molar-refractivity contribution in [3.05, 3.63) is 17.0 Å². The number of aryl methyl sites for hydroxylation is 1. The van der Waals surface area contributed by atoms with Gasteiger partial charge in [-0.3, -0.25) is 9.69 Å². The van der Waals surface area contributed by atoms with Gasteiger partial charge in [-0.25, -0.2) is 0 Å². The highest BCUT2D eigenvalue weighted by Crippen LogP contribution is 2.37. The van der Waals surface area contributed by atoms with Gasteiger partial charge < -0.3 is 14.7 Å². The standard InChI is InChI=1S/C21H36N4O2.ClH/c1-16-8-10-21(11-9-16,25-12-6-5-7-13-25)15-22-20(26)19-18(14-24(3)4)17(2)27-23-19;/h16H,5-15H2,1-4H3,(H,22,26);1H. The number of hydrogen-bond donors (Lipinski definition) is 1. The van der Waals surface area contributed by atoms with Gasteiger partial charge in [0.15, 0.2) is 5.69 Å². The van der Waals surface area contributed by atoms with Crippen LogP contribution in [0.3, 0.4) is 0 Å². The summed E-state index contributed by atoms with van der Waals surface area (Å²) in [5, 5.41) is 7.28. The fourth-order valence-corrected chi connectivity index (χ4v) is 4.67. The highest BCUT2D eigenvalue weighted by Gasteiger charge is 2.40. The van der Waals surface area contributed by atoms with Crippen molar-refractivity contribution in [3.8, 4) is 0 Å². The lowest BCUT2D eigenvalue weighted by Gasteiger charge is -2.49. The maximum atomic E-state index is 12.9. The Morgan fingerprint density at radius 1 is 1.25 bits per heavy atom. The van der Waals surface area contributed by atoms with E-state index >= 15 is 0 Å². The van der Waals surface area contributed by atoms with Gasteiger partial charge in [-0.1, -0.05) is 18.5 Å². The van der Waals surface area contributed by atoms with E-state index in [4.69, 9.17) is 4.52 Å². The Kier molecular flexibility index (Phi) is 8.34. The van der Waals surface area contributed by atoms with Crippen molar-refractivity contribution < 1.29 is 9.32 Å². The molecule has 1 saturated heterocycles. The number of likely N-dealkylation sites (tertiary alicyclic amines) is 1. The Bertz CT molecular complexity index is 632. The molecule has 2 aliphatic rings. The van der Waals surface area contributed by atoms with Crippen molar-refractivity contribution in [1.82, 2.24) is 20.3 Å². The summed E-state index contributed by atoms with van der Waals surface area (Å²) >= 11 is 0. The van der Waals surface area contributed by atoms with E-state index in [1.54, 1.807) is 0 Å². The number of carbonyl (C=O) groups is 1. The molecule has 28 heavy (non-hydrogen) atoms. The third-order valence-electron chi connectivity index (χ3n) is 6.48. The van der Waals surface area contributed by atoms with Gasteiger partial charge >= 0.3 is 0 Å². The average molecular weight is 413 g/mol. The third kappa shape index (κ3) is 5.28. The van der Waals surface area contributed by atoms with E-state index in [1.165, 1.54) is 58.0 Å². The van der Waals surface area contributed by atoms with Gasteiger partial charge in [-0.05, 0) is 78.6 Å². The van der Waals surface area contributed by atoms with Crippen molar-refractivity contribution in [2.24, 2.45) is 5.92 Å². The Hall–Kier alpha value is -1.11. The van der Waals surface area contributed by atoms with Gasteiger partial charge in [0.05, 0.1) is 0 Å². The first kappa shape index (κ1) is 23.2. The summed E-state index contributed by atoms with van der Waals surface area (Å²) in [6, 6.07) is 0. The fourth-order valence-electron chi connectivity index (χ4n) is 4.67. The summed E-state index contributed by atoms with van der Waals surface area (Å²) in [4.78, 5) is 17.6. The average Bonchev–Trinajstić information content (AvgIpc) is 3.02. The molecule has 1 aromatic rings. The molecule has 1 amide bonds. The summed E-state index contributed by atoms with van der Waals surface area (Å²) in [6.07, 6.45) is 8.75. The number of hydrogen-bond acceptors (Lipinski definition) is 5. The Morgan fingerprint density at radius 3 is 2.50 bits per heavy atom.